The van der Waals surface area contributed by atoms with Crippen LogP contribution >= 0.6 is 0 Å². The molecule has 0 aromatic heterocycles. The molecule has 0 heterocycles. The third kappa shape index (κ3) is 11.7. The minimum atomic E-state index is -1.21. The molecule has 0 radical (unpaired) electrons. The highest BCUT2D eigenvalue weighted by molar-refractivity contribution is 5.91. The molecule has 0 rings (SSSR count). The van der Waals surface area contributed by atoms with Gasteiger partial charge in [0.2, 0.25) is 17.7 Å². The predicted octanol–water partition coefficient (Wildman–Crippen LogP) is -2.78. The van der Waals surface area contributed by atoms with Crippen LogP contribution in [-0.4, -0.2) is 66.5 Å². The van der Waals surface area contributed by atoms with Crippen molar-refractivity contribution in [2.24, 2.45) is 28.1 Å². The first-order chi connectivity index (χ1) is 13.1. The number of nitrogens with one attached hydrogen (secondary N) is 3. The number of aliphatic imine (C=N–C) groups is 1. The molecule has 0 saturated carbocycles. The van der Waals surface area contributed by atoms with E-state index in [4.69, 9.17) is 17.2 Å². The smallest absolute Gasteiger partial charge is 0.326 e. The van der Waals surface area contributed by atoms with Crippen LogP contribution in [0.3, 0.4) is 0 Å². The topological polar surface area (TPSA) is 215 Å². The van der Waals surface area contributed by atoms with Crippen molar-refractivity contribution in [2.75, 3.05) is 19.6 Å². The first-order valence-corrected chi connectivity index (χ1v) is 8.91. The van der Waals surface area contributed by atoms with Crippen molar-refractivity contribution >= 4 is 29.7 Å². The zero-order valence-electron chi connectivity index (χ0n) is 16.2. The maximum absolute atomic E-state index is 12.2. The first-order valence-electron chi connectivity index (χ1n) is 8.91. The van der Waals surface area contributed by atoms with Gasteiger partial charge < -0.3 is 38.3 Å². The summed E-state index contributed by atoms with van der Waals surface area (Å²) < 4.78 is 0. The summed E-state index contributed by atoms with van der Waals surface area (Å²) in [4.78, 5) is 50.6. The number of carbonyl (C=O) groups is 4. The summed E-state index contributed by atoms with van der Waals surface area (Å²) in [5.41, 5.74) is 15.6. The lowest BCUT2D eigenvalue weighted by molar-refractivity contribution is -0.142. The van der Waals surface area contributed by atoms with Crippen molar-refractivity contribution in [3.8, 4) is 0 Å². The Bertz CT molecular complexity index is 576. The molecule has 0 aliphatic heterocycles. The average Bonchev–Trinajstić information content (AvgIpc) is 2.60. The van der Waals surface area contributed by atoms with Crippen molar-refractivity contribution in [3.05, 3.63) is 0 Å². The second-order valence-electron chi connectivity index (χ2n) is 6.58. The van der Waals surface area contributed by atoms with Crippen molar-refractivity contribution in [3.63, 3.8) is 0 Å². The molecule has 0 aromatic rings. The molecular weight excluding hydrogens is 370 g/mol. The van der Waals surface area contributed by atoms with E-state index in [9.17, 15) is 24.3 Å². The van der Waals surface area contributed by atoms with E-state index < -0.39 is 42.3 Å². The second kappa shape index (κ2) is 13.3. The molecule has 2 unspecified atom stereocenters. The molecule has 0 saturated heterocycles. The van der Waals surface area contributed by atoms with Crippen molar-refractivity contribution in [1.82, 2.24) is 16.0 Å². The molecule has 12 nitrogen and oxygen atoms in total. The number of carboxylic acids is 1. The van der Waals surface area contributed by atoms with Gasteiger partial charge in [-0.1, -0.05) is 13.8 Å². The maximum atomic E-state index is 12.2. The quantitative estimate of drug-likeness (QED) is 0.0970. The van der Waals surface area contributed by atoms with E-state index >= 15 is 0 Å². The van der Waals surface area contributed by atoms with E-state index in [0.29, 0.717) is 12.8 Å². The van der Waals surface area contributed by atoms with E-state index in [1.54, 1.807) is 0 Å². The predicted molar refractivity (Wildman–Crippen MR) is 103 cm³/mol. The van der Waals surface area contributed by atoms with Gasteiger partial charge in [-0.15, -0.1) is 0 Å². The summed E-state index contributed by atoms with van der Waals surface area (Å²) in [5.74, 6) is -2.91. The second-order valence-corrected chi connectivity index (χ2v) is 6.58. The average molecular weight is 401 g/mol. The molecule has 2 atom stereocenters. The fraction of sp³-hybridized carbons (Fsp3) is 0.688. The molecule has 0 aliphatic rings. The summed E-state index contributed by atoms with van der Waals surface area (Å²) in [6.07, 6.45) is 0.832. The molecule has 0 spiro atoms. The van der Waals surface area contributed by atoms with Crippen molar-refractivity contribution in [1.29, 1.82) is 0 Å². The van der Waals surface area contributed by atoms with Gasteiger partial charge in [-0.3, -0.25) is 19.4 Å². The molecular formula is C16H31N7O5. The summed E-state index contributed by atoms with van der Waals surface area (Å²) in [6, 6.07) is -1.97. The van der Waals surface area contributed by atoms with E-state index in [0.717, 1.165) is 0 Å². The largest absolute Gasteiger partial charge is 0.480 e. The van der Waals surface area contributed by atoms with Crippen LogP contribution in [0, 0.1) is 5.92 Å². The minimum absolute atomic E-state index is 0.101. The van der Waals surface area contributed by atoms with Gasteiger partial charge in [-0.2, -0.15) is 0 Å². The number of nitrogens with two attached hydrogens (primary N) is 3. The summed E-state index contributed by atoms with van der Waals surface area (Å²) in [5, 5.41) is 16.4. The molecule has 160 valence electrons. The van der Waals surface area contributed by atoms with Gasteiger partial charge in [-0.25, -0.2) is 4.79 Å². The van der Waals surface area contributed by atoms with Crippen LogP contribution in [0.5, 0.6) is 0 Å². The molecule has 3 amide bonds. The molecule has 0 bridgehead atoms. The van der Waals surface area contributed by atoms with Gasteiger partial charge >= 0.3 is 5.97 Å². The Hall–Kier alpha value is -2.89. The molecule has 0 aliphatic carbocycles. The molecule has 28 heavy (non-hydrogen) atoms. The van der Waals surface area contributed by atoms with Gasteiger partial charge in [0.05, 0.1) is 13.1 Å². The third-order valence-electron chi connectivity index (χ3n) is 3.55. The molecule has 10 N–H and O–H groups in total. The summed E-state index contributed by atoms with van der Waals surface area (Å²) in [6.45, 7) is 3.30. The fourth-order valence-electron chi connectivity index (χ4n) is 2.25. The number of rotatable bonds is 13. The summed E-state index contributed by atoms with van der Waals surface area (Å²) >= 11 is 0. The molecule has 0 fully saturated rings. The number of nitrogens with zero attached hydrogens (tertiary/aromatic N) is 1. The maximum Gasteiger partial charge on any atom is 0.326 e. The van der Waals surface area contributed by atoms with Crippen molar-refractivity contribution in [2.45, 2.75) is 45.2 Å². The molecule has 12 heteroatoms. The number of guanidine groups is 1. The van der Waals surface area contributed by atoms with Crippen LogP contribution in [0.1, 0.15) is 33.1 Å². The lowest BCUT2D eigenvalue weighted by Gasteiger charge is -2.20. The molecule has 0 aromatic carbocycles. The number of carboxylic acid groups (broad SMARTS) is 1. The number of amides is 3. The Labute approximate surface area is 163 Å². The van der Waals surface area contributed by atoms with Gasteiger partial charge in [0.25, 0.3) is 0 Å². The van der Waals surface area contributed by atoms with Crippen LogP contribution in [0.2, 0.25) is 0 Å². The van der Waals surface area contributed by atoms with Crippen LogP contribution in [0.25, 0.3) is 0 Å². The van der Waals surface area contributed by atoms with E-state index in [1.165, 1.54) is 0 Å². The Morgan fingerprint density at radius 1 is 1.04 bits per heavy atom. The van der Waals surface area contributed by atoms with E-state index in [2.05, 4.69) is 20.9 Å². The highest BCUT2D eigenvalue weighted by Crippen LogP contribution is 2.05. The van der Waals surface area contributed by atoms with E-state index in [-0.39, 0.29) is 31.4 Å². The number of aliphatic carboxylic acids is 1. The van der Waals surface area contributed by atoms with Crippen LogP contribution < -0.4 is 33.2 Å². The van der Waals surface area contributed by atoms with Gasteiger partial charge in [-0.05, 0) is 25.2 Å². The lowest BCUT2D eigenvalue weighted by Crippen LogP contribution is -2.52. The lowest BCUT2D eigenvalue weighted by atomic mass is 10.0. The number of hydrogen-bond donors (Lipinski definition) is 7. The number of hydrogen-bond acceptors (Lipinski definition) is 6. The Morgan fingerprint density at radius 2 is 1.64 bits per heavy atom. The van der Waals surface area contributed by atoms with Crippen LogP contribution in [-0.2, 0) is 19.2 Å². The zero-order valence-corrected chi connectivity index (χ0v) is 16.2. The van der Waals surface area contributed by atoms with Gasteiger partial charge in [0.15, 0.2) is 5.96 Å². The van der Waals surface area contributed by atoms with Crippen molar-refractivity contribution < 1.29 is 24.3 Å². The monoisotopic (exact) mass is 401 g/mol. The Morgan fingerprint density at radius 3 is 2.14 bits per heavy atom. The SMILES string of the molecule is CC(C)CC(NC(=O)CN)C(=O)NCC(=O)NC(CCCN=C(N)N)C(=O)O. The van der Waals surface area contributed by atoms with E-state index in [1.807, 2.05) is 13.8 Å². The first kappa shape index (κ1) is 25.1. The van der Waals surface area contributed by atoms with Crippen LogP contribution in [0.15, 0.2) is 4.99 Å². The minimum Gasteiger partial charge on any atom is -0.480 e. The zero-order chi connectivity index (χ0) is 21.7. The summed E-state index contributed by atoms with van der Waals surface area (Å²) in [7, 11) is 0. The number of carbonyl (C=O) groups excluding carboxylic acids is 3. The standard InChI is InChI=1S/C16H31N7O5/c1-9(2)6-11(23-12(24)7-17)14(26)21-8-13(25)22-10(15(27)28)4-3-5-20-16(18)19/h9-11H,3-8,17H2,1-2H3,(H,21,26)(H,22,25)(H,23,24)(H,27,28)(H4,18,19,20). The highest BCUT2D eigenvalue weighted by atomic mass is 16.4. The van der Waals surface area contributed by atoms with Crippen LogP contribution in [0.4, 0.5) is 0 Å². The Balaban J connectivity index is 4.59. The third-order valence-corrected chi connectivity index (χ3v) is 3.55. The fourth-order valence-corrected chi connectivity index (χ4v) is 2.25. The normalized spacial score (nSPS) is 12.6. The highest BCUT2D eigenvalue weighted by Gasteiger charge is 2.23. The van der Waals surface area contributed by atoms with Gasteiger partial charge in [0.1, 0.15) is 12.1 Å². The Kier molecular flexibility index (Phi) is 11.9. The van der Waals surface area contributed by atoms with Gasteiger partial charge in [0, 0.05) is 6.54 Å².